The molecule has 0 bridgehead atoms. The van der Waals surface area contributed by atoms with Gasteiger partial charge in [-0.05, 0) is 12.5 Å². The highest BCUT2D eigenvalue weighted by Crippen LogP contribution is 2.14. The van der Waals surface area contributed by atoms with E-state index >= 15 is 0 Å². The molecule has 0 saturated carbocycles. The molecule has 0 aliphatic carbocycles. The van der Waals surface area contributed by atoms with Crippen LogP contribution in [-0.4, -0.2) is 41.6 Å². The summed E-state index contributed by atoms with van der Waals surface area (Å²) in [5.74, 6) is 0.0364. The summed E-state index contributed by atoms with van der Waals surface area (Å²) >= 11 is 1.57. The Morgan fingerprint density at radius 3 is 3.00 bits per heavy atom. The second kappa shape index (κ2) is 8.37. The molecule has 1 unspecified atom stereocenters. The average Bonchev–Trinajstić information content (AvgIpc) is 2.99. The van der Waals surface area contributed by atoms with Gasteiger partial charge in [-0.1, -0.05) is 30.3 Å². The monoisotopic (exact) mass is 345 g/mol. The SMILES string of the molecule is Cc1ncsc1CNC(=O)CC1CN(Cc2ccccc2)CCO1. The van der Waals surface area contributed by atoms with Crippen LogP contribution < -0.4 is 5.32 Å². The molecule has 128 valence electrons. The predicted octanol–water partition coefficient (Wildman–Crippen LogP) is 2.36. The third kappa shape index (κ3) is 4.87. The fraction of sp³-hybridized carbons (Fsp3) is 0.444. The molecule has 1 aliphatic rings. The fourth-order valence-corrected chi connectivity index (χ4v) is 3.56. The summed E-state index contributed by atoms with van der Waals surface area (Å²) in [7, 11) is 0. The number of aryl methyl sites for hydroxylation is 1. The van der Waals surface area contributed by atoms with Gasteiger partial charge in [0.1, 0.15) is 0 Å². The maximum Gasteiger partial charge on any atom is 0.222 e. The van der Waals surface area contributed by atoms with E-state index in [1.54, 1.807) is 11.3 Å². The lowest BCUT2D eigenvalue weighted by atomic mass is 10.1. The molecular formula is C18H23N3O2S. The zero-order valence-corrected chi connectivity index (χ0v) is 14.7. The van der Waals surface area contributed by atoms with E-state index in [0.717, 1.165) is 30.2 Å². The highest BCUT2D eigenvalue weighted by atomic mass is 32.1. The first-order chi connectivity index (χ1) is 11.7. The predicted molar refractivity (Wildman–Crippen MR) is 94.8 cm³/mol. The van der Waals surface area contributed by atoms with E-state index in [4.69, 9.17) is 4.74 Å². The van der Waals surface area contributed by atoms with Gasteiger partial charge in [0.25, 0.3) is 0 Å². The number of ether oxygens (including phenoxy) is 1. The molecule has 2 aromatic rings. The van der Waals surface area contributed by atoms with Crippen LogP contribution in [0.2, 0.25) is 0 Å². The summed E-state index contributed by atoms with van der Waals surface area (Å²) < 4.78 is 5.77. The maximum atomic E-state index is 12.2. The number of carbonyl (C=O) groups is 1. The topological polar surface area (TPSA) is 54.5 Å². The first-order valence-corrected chi connectivity index (χ1v) is 9.12. The standard InChI is InChI=1S/C18H23N3O2S/c1-14-17(24-13-20-14)10-19-18(22)9-16-12-21(7-8-23-16)11-15-5-3-2-4-6-15/h2-6,13,16H,7-12H2,1H3,(H,19,22). The normalized spacial score (nSPS) is 18.5. The quantitative estimate of drug-likeness (QED) is 0.873. The molecule has 6 heteroatoms. The lowest BCUT2D eigenvalue weighted by Gasteiger charge is -2.32. The minimum atomic E-state index is -0.0370. The number of hydrogen-bond acceptors (Lipinski definition) is 5. The smallest absolute Gasteiger partial charge is 0.222 e. The largest absolute Gasteiger partial charge is 0.375 e. The van der Waals surface area contributed by atoms with Crippen LogP contribution in [0.5, 0.6) is 0 Å². The van der Waals surface area contributed by atoms with Gasteiger partial charge in [-0.25, -0.2) is 4.98 Å². The van der Waals surface area contributed by atoms with Gasteiger partial charge in [-0.15, -0.1) is 11.3 Å². The van der Waals surface area contributed by atoms with Crippen molar-refractivity contribution in [2.75, 3.05) is 19.7 Å². The number of rotatable bonds is 6. The number of thiazole rings is 1. The van der Waals surface area contributed by atoms with E-state index in [1.165, 1.54) is 5.56 Å². The third-order valence-electron chi connectivity index (χ3n) is 4.18. The van der Waals surface area contributed by atoms with E-state index in [-0.39, 0.29) is 12.0 Å². The van der Waals surface area contributed by atoms with Crippen molar-refractivity contribution in [3.63, 3.8) is 0 Å². The molecule has 1 aliphatic heterocycles. The van der Waals surface area contributed by atoms with Crippen molar-refractivity contribution in [3.05, 3.63) is 52.0 Å². The van der Waals surface area contributed by atoms with Crippen LogP contribution in [0.15, 0.2) is 35.8 Å². The molecule has 3 rings (SSSR count). The van der Waals surface area contributed by atoms with Crippen LogP contribution in [0, 0.1) is 6.92 Å². The second-order valence-corrected chi connectivity index (χ2v) is 6.99. The lowest BCUT2D eigenvalue weighted by Crippen LogP contribution is -2.44. The lowest BCUT2D eigenvalue weighted by molar-refractivity contribution is -0.126. The first-order valence-electron chi connectivity index (χ1n) is 8.24. The number of hydrogen-bond donors (Lipinski definition) is 1. The van der Waals surface area contributed by atoms with Gasteiger partial charge in [0.05, 0.1) is 36.9 Å². The second-order valence-electron chi connectivity index (χ2n) is 6.06. The minimum Gasteiger partial charge on any atom is -0.375 e. The first kappa shape index (κ1) is 17.1. The molecule has 1 N–H and O–H groups in total. The molecule has 1 atom stereocenters. The van der Waals surface area contributed by atoms with Crippen molar-refractivity contribution in [3.8, 4) is 0 Å². The Labute approximate surface area is 146 Å². The summed E-state index contributed by atoms with van der Waals surface area (Å²) in [6.07, 6.45) is 0.369. The molecule has 0 radical (unpaired) electrons. The summed E-state index contributed by atoms with van der Waals surface area (Å²) in [6, 6.07) is 10.4. The summed E-state index contributed by atoms with van der Waals surface area (Å²) in [4.78, 5) is 19.8. The van der Waals surface area contributed by atoms with Gasteiger partial charge in [0.15, 0.2) is 0 Å². The van der Waals surface area contributed by atoms with Crippen molar-refractivity contribution in [2.24, 2.45) is 0 Å². The average molecular weight is 345 g/mol. The molecule has 1 saturated heterocycles. The summed E-state index contributed by atoms with van der Waals surface area (Å²) in [6.45, 7) is 5.80. The number of amides is 1. The number of benzene rings is 1. The number of nitrogens with zero attached hydrogens (tertiary/aromatic N) is 2. The number of aromatic nitrogens is 1. The van der Waals surface area contributed by atoms with Crippen LogP contribution in [0.4, 0.5) is 0 Å². The van der Waals surface area contributed by atoms with Crippen molar-refractivity contribution in [1.82, 2.24) is 15.2 Å². The van der Waals surface area contributed by atoms with E-state index in [0.29, 0.717) is 19.6 Å². The molecule has 1 aromatic heterocycles. The van der Waals surface area contributed by atoms with Gasteiger partial charge in [0.2, 0.25) is 5.91 Å². The van der Waals surface area contributed by atoms with Crippen LogP contribution in [0.25, 0.3) is 0 Å². The Kier molecular flexibility index (Phi) is 5.96. The van der Waals surface area contributed by atoms with Gasteiger partial charge >= 0.3 is 0 Å². The number of morpholine rings is 1. The summed E-state index contributed by atoms with van der Waals surface area (Å²) in [5.41, 5.74) is 4.09. The zero-order chi connectivity index (χ0) is 16.8. The molecule has 2 heterocycles. The molecular weight excluding hydrogens is 322 g/mol. The highest BCUT2D eigenvalue weighted by molar-refractivity contribution is 7.09. The third-order valence-corrected chi connectivity index (χ3v) is 5.11. The van der Waals surface area contributed by atoms with Crippen LogP contribution in [0.1, 0.15) is 22.6 Å². The molecule has 0 spiro atoms. The Morgan fingerprint density at radius 1 is 1.42 bits per heavy atom. The van der Waals surface area contributed by atoms with E-state index in [1.807, 2.05) is 18.5 Å². The van der Waals surface area contributed by atoms with Gasteiger partial charge in [-0.3, -0.25) is 9.69 Å². The number of nitrogens with one attached hydrogen (secondary N) is 1. The fourth-order valence-electron chi connectivity index (χ4n) is 2.84. The van der Waals surface area contributed by atoms with Crippen molar-refractivity contribution in [1.29, 1.82) is 0 Å². The Morgan fingerprint density at radius 2 is 2.25 bits per heavy atom. The van der Waals surface area contributed by atoms with E-state index < -0.39 is 0 Å². The van der Waals surface area contributed by atoms with Gasteiger partial charge in [-0.2, -0.15) is 0 Å². The zero-order valence-electron chi connectivity index (χ0n) is 13.9. The Balaban J connectivity index is 1.44. The van der Waals surface area contributed by atoms with Crippen LogP contribution in [-0.2, 0) is 22.6 Å². The van der Waals surface area contributed by atoms with Crippen molar-refractivity contribution in [2.45, 2.75) is 32.5 Å². The molecule has 1 aromatic carbocycles. The maximum absolute atomic E-state index is 12.2. The van der Waals surface area contributed by atoms with E-state index in [9.17, 15) is 4.79 Å². The summed E-state index contributed by atoms with van der Waals surface area (Å²) in [5, 5.41) is 2.97. The molecule has 24 heavy (non-hydrogen) atoms. The highest BCUT2D eigenvalue weighted by Gasteiger charge is 2.23. The van der Waals surface area contributed by atoms with Gasteiger partial charge in [0, 0.05) is 24.5 Å². The van der Waals surface area contributed by atoms with Crippen molar-refractivity contribution >= 4 is 17.2 Å². The van der Waals surface area contributed by atoms with Crippen LogP contribution >= 0.6 is 11.3 Å². The molecule has 1 fully saturated rings. The van der Waals surface area contributed by atoms with Gasteiger partial charge < -0.3 is 10.1 Å². The van der Waals surface area contributed by atoms with Crippen LogP contribution in [0.3, 0.4) is 0 Å². The Hall–Kier alpha value is -1.76. The Bertz CT molecular complexity index is 659. The molecule has 1 amide bonds. The number of carbonyl (C=O) groups excluding carboxylic acids is 1. The minimum absolute atomic E-state index is 0.0364. The van der Waals surface area contributed by atoms with Crippen molar-refractivity contribution < 1.29 is 9.53 Å². The van der Waals surface area contributed by atoms with E-state index in [2.05, 4.69) is 39.5 Å². The molecule has 5 nitrogen and oxygen atoms in total.